The molecule has 1 saturated heterocycles. The van der Waals surface area contributed by atoms with Crippen molar-refractivity contribution in [1.29, 1.82) is 0 Å². The van der Waals surface area contributed by atoms with Crippen LogP contribution < -0.4 is 5.46 Å². The van der Waals surface area contributed by atoms with E-state index >= 15 is 0 Å². The van der Waals surface area contributed by atoms with Gasteiger partial charge in [-0.05, 0) is 18.1 Å². The van der Waals surface area contributed by atoms with Crippen molar-refractivity contribution < 1.29 is 18.9 Å². The van der Waals surface area contributed by atoms with Gasteiger partial charge in [-0.2, -0.15) is 0 Å². The number of hydrogen-bond donors (Lipinski definition) is 0. The van der Waals surface area contributed by atoms with Gasteiger partial charge in [-0.25, -0.2) is 0 Å². The van der Waals surface area contributed by atoms with E-state index in [0.29, 0.717) is 5.46 Å². The molecule has 2 aromatic carbocycles. The van der Waals surface area contributed by atoms with Gasteiger partial charge < -0.3 is 9.31 Å². The number of carbonyl (C=O) groups is 2. The van der Waals surface area contributed by atoms with E-state index in [1.54, 1.807) is 19.2 Å². The Hall–Kier alpha value is -2.89. The largest absolute Gasteiger partial charge is 0.637 e. The summed E-state index contributed by atoms with van der Waals surface area (Å²) < 4.78 is 10.7. The lowest BCUT2D eigenvalue weighted by Crippen LogP contribution is -2.41. The fraction of sp³-hybridized carbons (Fsp3) is 0.250. The topological polar surface area (TPSA) is 65.0 Å². The molecule has 5 nitrogen and oxygen atoms in total. The number of benzene rings is 2. The van der Waals surface area contributed by atoms with E-state index in [-0.39, 0.29) is 12.5 Å². The summed E-state index contributed by atoms with van der Waals surface area (Å²) in [6.45, 7) is 3.66. The maximum Gasteiger partial charge on any atom is 0.637 e. The number of rotatable bonds is 4. The van der Waals surface area contributed by atoms with Crippen molar-refractivity contribution in [3.63, 3.8) is 0 Å². The quantitative estimate of drug-likeness (QED) is 0.629. The van der Waals surface area contributed by atoms with Crippen molar-refractivity contribution in [2.45, 2.75) is 26.3 Å². The average molecular weight is 349 g/mol. The molecule has 1 aliphatic heterocycles. The Bertz CT molecular complexity index is 822. The summed E-state index contributed by atoms with van der Waals surface area (Å²) in [5, 5.41) is 0. The molecular weight excluding hydrogens is 329 g/mol. The summed E-state index contributed by atoms with van der Waals surface area (Å²) in [5.74, 6) is -1.39. The predicted molar refractivity (Wildman–Crippen MR) is 100 cm³/mol. The van der Waals surface area contributed by atoms with Crippen LogP contribution in [0.4, 0.5) is 0 Å². The maximum absolute atomic E-state index is 12.0. The zero-order valence-corrected chi connectivity index (χ0v) is 14.8. The molecule has 2 atom stereocenters. The Morgan fingerprint density at radius 2 is 1.77 bits per heavy atom. The molecule has 1 heterocycles. The molecular formula is C20H20BNO4. The summed E-state index contributed by atoms with van der Waals surface area (Å²) in [7, 11) is -1.05. The third kappa shape index (κ3) is 4.20. The highest BCUT2D eigenvalue weighted by atomic mass is 16.6. The normalized spacial score (nSPS) is 19.0. The molecule has 3 rings (SSSR count). The lowest BCUT2D eigenvalue weighted by molar-refractivity contribution is -0.139. The predicted octanol–water partition coefficient (Wildman–Crippen LogP) is 2.69. The van der Waals surface area contributed by atoms with Crippen LogP contribution in [-0.2, 0) is 18.9 Å². The van der Waals surface area contributed by atoms with Crippen LogP contribution in [0.3, 0.4) is 0 Å². The Labute approximate surface area is 153 Å². The van der Waals surface area contributed by atoms with E-state index in [1.165, 1.54) is 0 Å². The summed E-state index contributed by atoms with van der Waals surface area (Å²) in [6, 6.07) is 17.2. The number of hydrogen-bond acceptors (Lipinski definition) is 5. The van der Waals surface area contributed by atoms with Crippen molar-refractivity contribution in [3.05, 3.63) is 65.7 Å². The van der Waals surface area contributed by atoms with Gasteiger partial charge in [0.05, 0.1) is 18.4 Å². The highest BCUT2D eigenvalue weighted by molar-refractivity contribution is 6.65. The lowest BCUT2D eigenvalue weighted by Gasteiger charge is -2.13. The molecule has 1 aliphatic rings. The zero-order valence-electron chi connectivity index (χ0n) is 14.8. The molecule has 0 amide bonds. The van der Waals surface area contributed by atoms with Crippen LogP contribution in [0, 0.1) is 5.92 Å². The third-order valence-corrected chi connectivity index (χ3v) is 4.31. The zero-order chi connectivity index (χ0) is 18.5. The first kappa shape index (κ1) is 17.9. The number of nitrogens with zero attached hydrogens (tertiary/aromatic N) is 1. The first-order valence-electron chi connectivity index (χ1n) is 8.61. The number of aliphatic imine (C=N–C) groups is 1. The van der Waals surface area contributed by atoms with Crippen LogP contribution in [0.5, 0.6) is 0 Å². The SMILES string of the molecule is C[C@@H]1CC(=O)OB(c2ccccc2C=N[C@H](C)c2ccccc2)OC1=O. The highest BCUT2D eigenvalue weighted by Gasteiger charge is 2.38. The van der Waals surface area contributed by atoms with Gasteiger partial charge in [0.2, 0.25) is 0 Å². The lowest BCUT2D eigenvalue weighted by atomic mass is 9.76. The highest BCUT2D eigenvalue weighted by Crippen LogP contribution is 2.16. The summed E-state index contributed by atoms with van der Waals surface area (Å²) in [6.07, 6.45) is 1.75. The van der Waals surface area contributed by atoms with Crippen LogP contribution in [0.25, 0.3) is 0 Å². The van der Waals surface area contributed by atoms with Gasteiger partial charge >= 0.3 is 7.12 Å². The van der Waals surface area contributed by atoms with Gasteiger partial charge in [-0.3, -0.25) is 14.6 Å². The molecule has 1 fully saturated rings. The van der Waals surface area contributed by atoms with Gasteiger partial charge in [0.25, 0.3) is 11.9 Å². The van der Waals surface area contributed by atoms with Gasteiger partial charge in [-0.15, -0.1) is 0 Å². The van der Waals surface area contributed by atoms with E-state index in [0.717, 1.165) is 11.1 Å². The summed E-state index contributed by atoms with van der Waals surface area (Å²) in [4.78, 5) is 28.5. The first-order chi connectivity index (χ1) is 12.5. The number of carbonyl (C=O) groups excluding carboxylic acids is 2. The van der Waals surface area contributed by atoms with Crippen LogP contribution in [0.15, 0.2) is 59.6 Å². The minimum atomic E-state index is -1.05. The Morgan fingerprint density at radius 3 is 2.54 bits per heavy atom. The smallest absolute Gasteiger partial charge is 0.495 e. The van der Waals surface area contributed by atoms with Crippen molar-refractivity contribution in [2.75, 3.05) is 0 Å². The van der Waals surface area contributed by atoms with Crippen molar-refractivity contribution in [2.24, 2.45) is 10.9 Å². The minimum Gasteiger partial charge on any atom is -0.495 e. The molecule has 0 spiro atoms. The van der Waals surface area contributed by atoms with Crippen LogP contribution >= 0.6 is 0 Å². The van der Waals surface area contributed by atoms with E-state index in [1.807, 2.05) is 55.5 Å². The summed E-state index contributed by atoms with van der Waals surface area (Å²) >= 11 is 0. The molecule has 6 heteroatoms. The van der Waals surface area contributed by atoms with Crippen LogP contribution in [0.2, 0.25) is 0 Å². The molecule has 0 radical (unpaired) electrons. The van der Waals surface area contributed by atoms with E-state index < -0.39 is 25.0 Å². The molecule has 26 heavy (non-hydrogen) atoms. The molecule has 0 N–H and O–H groups in total. The Kier molecular flexibility index (Phi) is 5.51. The van der Waals surface area contributed by atoms with Crippen LogP contribution in [0.1, 0.15) is 37.4 Å². The van der Waals surface area contributed by atoms with Gasteiger partial charge in [0.1, 0.15) is 0 Å². The molecule has 0 bridgehead atoms. The van der Waals surface area contributed by atoms with Gasteiger partial charge in [0.15, 0.2) is 0 Å². The van der Waals surface area contributed by atoms with E-state index in [9.17, 15) is 9.59 Å². The van der Waals surface area contributed by atoms with E-state index in [2.05, 4.69) is 4.99 Å². The van der Waals surface area contributed by atoms with Crippen molar-refractivity contribution >= 4 is 30.7 Å². The summed E-state index contributed by atoms with van der Waals surface area (Å²) in [5.41, 5.74) is 2.45. The first-order valence-corrected chi connectivity index (χ1v) is 8.61. The van der Waals surface area contributed by atoms with Crippen molar-refractivity contribution in [3.8, 4) is 0 Å². The minimum absolute atomic E-state index is 0.0244. The second-order valence-corrected chi connectivity index (χ2v) is 6.36. The van der Waals surface area contributed by atoms with E-state index in [4.69, 9.17) is 9.31 Å². The molecule has 2 aromatic rings. The second-order valence-electron chi connectivity index (χ2n) is 6.36. The maximum atomic E-state index is 12.0. The fourth-order valence-corrected chi connectivity index (χ4v) is 2.73. The Balaban J connectivity index is 1.85. The van der Waals surface area contributed by atoms with Crippen LogP contribution in [-0.4, -0.2) is 25.3 Å². The van der Waals surface area contributed by atoms with Crippen molar-refractivity contribution in [1.82, 2.24) is 0 Å². The Morgan fingerprint density at radius 1 is 1.08 bits per heavy atom. The molecule has 132 valence electrons. The molecule has 0 aliphatic carbocycles. The fourth-order valence-electron chi connectivity index (χ4n) is 2.73. The average Bonchev–Trinajstić information content (AvgIpc) is 2.78. The molecule has 0 saturated carbocycles. The van der Waals surface area contributed by atoms with Gasteiger partial charge in [0, 0.05) is 11.7 Å². The van der Waals surface area contributed by atoms with Gasteiger partial charge in [-0.1, -0.05) is 61.5 Å². The third-order valence-electron chi connectivity index (χ3n) is 4.31. The monoisotopic (exact) mass is 349 g/mol. The molecule has 0 aromatic heterocycles. The second kappa shape index (κ2) is 8.00. The standard InChI is InChI=1S/C20H20BNO4/c1-14-12-19(23)25-21(26-20(14)24)18-11-7-6-10-17(18)13-22-15(2)16-8-4-3-5-9-16/h3-11,13-15H,12H2,1-2H3/t14-,15-/m1/s1. The molecule has 0 unspecified atom stereocenters.